The minimum atomic E-state index is -0.198. The summed E-state index contributed by atoms with van der Waals surface area (Å²) in [5.74, 6) is 0. The van der Waals surface area contributed by atoms with E-state index in [9.17, 15) is 5.11 Å². The first kappa shape index (κ1) is 14.0. The number of aliphatic hydroxyl groups is 1. The highest BCUT2D eigenvalue weighted by molar-refractivity contribution is 7.16. The Hall–Kier alpha value is -0.0500. The van der Waals surface area contributed by atoms with Crippen molar-refractivity contribution in [2.45, 2.75) is 58.0 Å². The van der Waals surface area contributed by atoms with E-state index in [1.54, 1.807) is 11.3 Å². The van der Waals surface area contributed by atoms with Gasteiger partial charge in [0.15, 0.2) is 0 Å². The quantitative estimate of drug-likeness (QED) is 0.674. The molecule has 16 heavy (non-hydrogen) atoms. The van der Waals surface area contributed by atoms with Gasteiger partial charge in [-0.15, -0.1) is 11.3 Å². The highest BCUT2D eigenvalue weighted by Crippen LogP contribution is 2.23. The Kier molecular flexibility index (Phi) is 7.10. The first-order valence-electron chi connectivity index (χ1n) is 6.14. The normalized spacial score (nSPS) is 12.9. The molecule has 1 rings (SSSR count). The molecule has 1 aromatic heterocycles. The zero-order valence-corrected chi connectivity index (χ0v) is 11.5. The van der Waals surface area contributed by atoms with Gasteiger partial charge in [-0.25, -0.2) is 0 Å². The van der Waals surface area contributed by atoms with Crippen molar-refractivity contribution in [1.29, 1.82) is 0 Å². The third kappa shape index (κ3) is 5.88. The van der Waals surface area contributed by atoms with Crippen LogP contribution in [-0.2, 0) is 6.42 Å². The molecule has 0 fully saturated rings. The Morgan fingerprint density at radius 3 is 2.62 bits per heavy atom. The van der Waals surface area contributed by atoms with Crippen LogP contribution in [0.1, 0.15) is 50.3 Å². The minimum Gasteiger partial charge on any atom is -0.393 e. The summed E-state index contributed by atoms with van der Waals surface area (Å²) in [6.45, 7) is 2.22. The van der Waals surface area contributed by atoms with Crippen LogP contribution in [0, 0.1) is 0 Å². The Morgan fingerprint density at radius 2 is 2.00 bits per heavy atom. The van der Waals surface area contributed by atoms with Crippen LogP contribution in [0.5, 0.6) is 0 Å². The van der Waals surface area contributed by atoms with Crippen LogP contribution in [0.15, 0.2) is 12.1 Å². The maximum Gasteiger partial charge on any atom is 0.0931 e. The van der Waals surface area contributed by atoms with Gasteiger partial charge < -0.3 is 5.11 Å². The van der Waals surface area contributed by atoms with E-state index in [4.69, 9.17) is 11.6 Å². The van der Waals surface area contributed by atoms with Crippen molar-refractivity contribution in [2.24, 2.45) is 0 Å². The lowest BCUT2D eigenvalue weighted by molar-refractivity contribution is 0.162. The van der Waals surface area contributed by atoms with E-state index in [2.05, 4.69) is 6.92 Å². The Morgan fingerprint density at radius 1 is 1.25 bits per heavy atom. The molecule has 1 aromatic rings. The largest absolute Gasteiger partial charge is 0.393 e. The molecule has 1 nitrogen and oxygen atoms in total. The molecule has 0 saturated heterocycles. The fourth-order valence-corrected chi connectivity index (χ4v) is 2.94. The molecule has 0 saturated carbocycles. The maximum atomic E-state index is 9.83. The van der Waals surface area contributed by atoms with Crippen LogP contribution in [0.2, 0.25) is 4.34 Å². The lowest BCUT2D eigenvalue weighted by Crippen LogP contribution is -2.09. The second kappa shape index (κ2) is 8.10. The van der Waals surface area contributed by atoms with Gasteiger partial charge in [0, 0.05) is 11.3 Å². The molecule has 0 bridgehead atoms. The van der Waals surface area contributed by atoms with E-state index in [0.29, 0.717) is 0 Å². The molecule has 0 spiro atoms. The van der Waals surface area contributed by atoms with E-state index in [-0.39, 0.29) is 6.10 Å². The van der Waals surface area contributed by atoms with E-state index >= 15 is 0 Å². The number of thiophene rings is 1. The second-order valence-electron chi connectivity index (χ2n) is 4.27. The highest BCUT2D eigenvalue weighted by atomic mass is 35.5. The number of hydrogen-bond donors (Lipinski definition) is 1. The number of hydrogen-bond acceptors (Lipinski definition) is 2. The fourth-order valence-electron chi connectivity index (χ4n) is 1.78. The van der Waals surface area contributed by atoms with Crippen LogP contribution in [0.25, 0.3) is 0 Å². The average molecular weight is 261 g/mol. The molecule has 1 heterocycles. The summed E-state index contributed by atoms with van der Waals surface area (Å²) in [7, 11) is 0. The lowest BCUT2D eigenvalue weighted by atomic mass is 10.1. The molecule has 3 heteroatoms. The molecule has 0 amide bonds. The van der Waals surface area contributed by atoms with Gasteiger partial charge in [-0.3, -0.25) is 0 Å². The van der Waals surface area contributed by atoms with E-state index < -0.39 is 0 Å². The number of halogens is 1. The van der Waals surface area contributed by atoms with E-state index in [1.807, 2.05) is 12.1 Å². The standard InChI is InChI=1S/C13H21ClOS/c1-2-3-4-5-6-7-11(15)10-12-8-9-13(14)16-12/h8-9,11,15H,2-7,10H2,1H3. The summed E-state index contributed by atoms with van der Waals surface area (Å²) in [4.78, 5) is 1.19. The SMILES string of the molecule is CCCCCCCC(O)Cc1ccc(Cl)s1. The van der Waals surface area contributed by atoms with Crippen molar-refractivity contribution in [3.8, 4) is 0 Å². The number of aliphatic hydroxyl groups excluding tert-OH is 1. The highest BCUT2D eigenvalue weighted by Gasteiger charge is 2.07. The predicted octanol–water partition coefficient (Wildman–Crippen LogP) is 4.67. The van der Waals surface area contributed by atoms with Gasteiger partial charge in [0.2, 0.25) is 0 Å². The third-order valence-corrected chi connectivity index (χ3v) is 3.96. The van der Waals surface area contributed by atoms with Crippen LogP contribution >= 0.6 is 22.9 Å². The van der Waals surface area contributed by atoms with Gasteiger partial charge in [-0.1, -0.05) is 50.6 Å². The van der Waals surface area contributed by atoms with Crippen LogP contribution in [-0.4, -0.2) is 11.2 Å². The molecule has 0 aliphatic heterocycles. The average Bonchev–Trinajstić information content (AvgIpc) is 2.63. The van der Waals surface area contributed by atoms with Crippen molar-refractivity contribution < 1.29 is 5.11 Å². The summed E-state index contributed by atoms with van der Waals surface area (Å²) in [6, 6.07) is 3.91. The molecule has 1 N–H and O–H groups in total. The lowest BCUT2D eigenvalue weighted by Gasteiger charge is -2.08. The molecular weight excluding hydrogens is 240 g/mol. The predicted molar refractivity (Wildman–Crippen MR) is 72.4 cm³/mol. The maximum absolute atomic E-state index is 9.83. The van der Waals surface area contributed by atoms with Gasteiger partial charge in [0.1, 0.15) is 0 Å². The second-order valence-corrected chi connectivity index (χ2v) is 6.07. The van der Waals surface area contributed by atoms with Crippen molar-refractivity contribution in [3.05, 3.63) is 21.3 Å². The topological polar surface area (TPSA) is 20.2 Å². The summed E-state index contributed by atoms with van der Waals surface area (Å²) in [6.07, 6.45) is 7.75. The van der Waals surface area contributed by atoms with Crippen molar-refractivity contribution in [1.82, 2.24) is 0 Å². The summed E-state index contributed by atoms with van der Waals surface area (Å²) in [5.41, 5.74) is 0. The van der Waals surface area contributed by atoms with Gasteiger partial charge in [-0.05, 0) is 18.6 Å². The number of unbranched alkanes of at least 4 members (excludes halogenated alkanes) is 4. The van der Waals surface area contributed by atoms with Gasteiger partial charge in [0.25, 0.3) is 0 Å². The van der Waals surface area contributed by atoms with Gasteiger partial charge in [0.05, 0.1) is 10.4 Å². The molecule has 0 radical (unpaired) electrons. The monoisotopic (exact) mass is 260 g/mol. The summed E-state index contributed by atoms with van der Waals surface area (Å²) in [5, 5.41) is 9.83. The fraction of sp³-hybridized carbons (Fsp3) is 0.692. The van der Waals surface area contributed by atoms with Crippen molar-refractivity contribution in [3.63, 3.8) is 0 Å². The Balaban J connectivity index is 2.09. The molecule has 0 aromatic carbocycles. The van der Waals surface area contributed by atoms with Crippen molar-refractivity contribution in [2.75, 3.05) is 0 Å². The molecule has 0 aliphatic rings. The van der Waals surface area contributed by atoms with Gasteiger partial charge >= 0.3 is 0 Å². The summed E-state index contributed by atoms with van der Waals surface area (Å²) >= 11 is 7.41. The first-order chi connectivity index (χ1) is 7.72. The zero-order valence-electron chi connectivity index (χ0n) is 9.92. The van der Waals surface area contributed by atoms with Crippen molar-refractivity contribution >= 4 is 22.9 Å². The molecule has 92 valence electrons. The molecule has 1 atom stereocenters. The Labute approximate surface area is 107 Å². The minimum absolute atomic E-state index is 0.198. The molecule has 1 unspecified atom stereocenters. The smallest absolute Gasteiger partial charge is 0.0931 e. The van der Waals surface area contributed by atoms with Crippen LogP contribution < -0.4 is 0 Å². The zero-order chi connectivity index (χ0) is 11.8. The van der Waals surface area contributed by atoms with E-state index in [0.717, 1.165) is 23.6 Å². The summed E-state index contributed by atoms with van der Waals surface area (Å²) < 4.78 is 0.810. The first-order valence-corrected chi connectivity index (χ1v) is 7.34. The van der Waals surface area contributed by atoms with Crippen LogP contribution in [0.4, 0.5) is 0 Å². The molecule has 0 aliphatic carbocycles. The molecular formula is C13H21ClOS. The van der Waals surface area contributed by atoms with Gasteiger partial charge in [-0.2, -0.15) is 0 Å². The van der Waals surface area contributed by atoms with E-state index in [1.165, 1.54) is 30.6 Å². The van der Waals surface area contributed by atoms with Crippen LogP contribution in [0.3, 0.4) is 0 Å². The third-order valence-electron chi connectivity index (χ3n) is 2.71. The Bertz CT molecular complexity index is 285. The number of rotatable bonds is 8.